The van der Waals surface area contributed by atoms with Gasteiger partial charge in [0, 0.05) is 92.2 Å². The summed E-state index contributed by atoms with van der Waals surface area (Å²) in [5, 5.41) is 33.5. The minimum atomic E-state index is -0.645. The highest BCUT2D eigenvalue weighted by molar-refractivity contribution is 6.31. The van der Waals surface area contributed by atoms with E-state index in [1.165, 1.54) is 15.3 Å². The average Bonchev–Trinajstić information content (AvgIpc) is 1.59. The van der Waals surface area contributed by atoms with Gasteiger partial charge in [-0.25, -0.2) is 38.1 Å². The van der Waals surface area contributed by atoms with E-state index in [2.05, 4.69) is 46.1 Å². The fraction of sp³-hybridized carbons (Fsp3) is 0.478. The summed E-state index contributed by atoms with van der Waals surface area (Å²) in [6.07, 6.45) is 10.5. The lowest BCUT2D eigenvalue weighted by Crippen LogP contribution is -2.36. The fourth-order valence-corrected chi connectivity index (χ4v) is 12.6. The normalized spacial score (nSPS) is 16.8. The third kappa shape index (κ3) is 19.0. The number of ether oxygens (including phenoxy) is 5. The van der Waals surface area contributed by atoms with Crippen LogP contribution < -0.4 is 32.6 Å². The van der Waals surface area contributed by atoms with Crippen LogP contribution in [0.25, 0.3) is 16.6 Å². The Labute approximate surface area is 589 Å². The zero-order chi connectivity index (χ0) is 69.8. The van der Waals surface area contributed by atoms with Gasteiger partial charge in [-0.15, -0.1) is 15.3 Å². The van der Waals surface area contributed by atoms with Crippen LogP contribution in [0.15, 0.2) is 106 Å². The van der Waals surface area contributed by atoms with E-state index < -0.39 is 29.4 Å². The van der Waals surface area contributed by atoms with Crippen LogP contribution >= 0.6 is 58.0 Å². The largest absolute Gasteiger partial charge is 0.444 e. The highest BCUT2D eigenvalue weighted by Gasteiger charge is 2.30. The van der Waals surface area contributed by atoms with Crippen molar-refractivity contribution in [3.05, 3.63) is 182 Å². The molecule has 6 aromatic heterocycles. The van der Waals surface area contributed by atoms with E-state index in [-0.39, 0.29) is 70.2 Å². The van der Waals surface area contributed by atoms with Crippen LogP contribution in [0.1, 0.15) is 169 Å². The molecule has 26 nitrogen and oxygen atoms in total. The molecule has 13 rings (SSSR count). The number of halogens is 5. The molecule has 0 radical (unpaired) electrons. The summed E-state index contributed by atoms with van der Waals surface area (Å²) in [7, 11) is 0. The number of carbonyl (C=O) groups excluding carboxylic acids is 2. The first-order valence-electron chi connectivity index (χ1n) is 32.5. The van der Waals surface area contributed by atoms with E-state index in [1.807, 2.05) is 48.5 Å². The molecule has 4 aliphatic rings. The Balaban J connectivity index is 0.000000147. The second-order valence-corrected chi connectivity index (χ2v) is 28.0. The average molecular weight is 1450 g/mol. The Morgan fingerprint density at radius 3 is 1.45 bits per heavy atom. The Bertz CT molecular complexity index is 4360. The maximum Gasteiger partial charge on any atom is 0.408 e. The van der Waals surface area contributed by atoms with Crippen LogP contribution in [0.3, 0.4) is 0 Å². The molecule has 3 saturated heterocycles. The second-order valence-electron chi connectivity index (χ2n) is 26.0. The lowest BCUT2D eigenvalue weighted by molar-refractivity contribution is 0.0486. The van der Waals surface area contributed by atoms with Gasteiger partial charge in [-0.05, 0) is 176 Å². The van der Waals surface area contributed by atoms with Gasteiger partial charge >= 0.3 is 12.2 Å². The molecule has 9 aromatic rings. The van der Waals surface area contributed by atoms with Crippen LogP contribution in [0.2, 0.25) is 25.6 Å². The van der Waals surface area contributed by atoms with Gasteiger partial charge in [-0.1, -0.05) is 71.2 Å². The first kappa shape index (κ1) is 73.1. The third-order valence-corrected chi connectivity index (χ3v) is 17.9. The molecule has 3 aromatic carbocycles. The number of nitrogens with one attached hydrogen (secondary N) is 4. The van der Waals surface area contributed by atoms with Gasteiger partial charge in [0.2, 0.25) is 16.5 Å². The van der Waals surface area contributed by atoms with Crippen molar-refractivity contribution >= 4 is 92.7 Å². The van der Waals surface area contributed by atoms with E-state index in [0.717, 1.165) is 106 Å². The highest BCUT2D eigenvalue weighted by atomic mass is 35.5. The number of aromatic amines is 1. The second kappa shape index (κ2) is 33.0. The van der Waals surface area contributed by atoms with Gasteiger partial charge < -0.3 is 44.7 Å². The molecule has 0 aliphatic carbocycles. The number of amides is 2. The number of anilines is 1. The summed E-state index contributed by atoms with van der Waals surface area (Å²) in [4.78, 5) is 77.8. The predicted molar refractivity (Wildman–Crippen MR) is 372 cm³/mol. The topological polar surface area (TPSA) is 304 Å². The van der Waals surface area contributed by atoms with Crippen molar-refractivity contribution in [1.29, 1.82) is 0 Å². The molecule has 524 valence electrons. The van der Waals surface area contributed by atoms with Crippen molar-refractivity contribution in [2.24, 2.45) is 0 Å². The molecule has 0 unspecified atom stereocenters. The first-order valence-corrected chi connectivity index (χ1v) is 34.4. The van der Waals surface area contributed by atoms with Crippen LogP contribution in [0.4, 0.5) is 15.5 Å². The van der Waals surface area contributed by atoms with Crippen molar-refractivity contribution in [2.45, 2.75) is 160 Å². The summed E-state index contributed by atoms with van der Waals surface area (Å²) >= 11 is 30.1. The van der Waals surface area contributed by atoms with E-state index in [9.17, 15) is 24.0 Å². The molecule has 31 heteroatoms. The lowest BCUT2D eigenvalue weighted by atomic mass is 10.00. The number of aliphatic hydroxyl groups is 1. The van der Waals surface area contributed by atoms with E-state index in [0.29, 0.717) is 70.2 Å². The lowest BCUT2D eigenvalue weighted by Gasteiger charge is -2.28. The van der Waals surface area contributed by atoms with Gasteiger partial charge in [-0.2, -0.15) is 0 Å². The fourth-order valence-electron chi connectivity index (χ4n) is 11.8. The molecule has 5 N–H and O–H groups in total. The smallest absolute Gasteiger partial charge is 0.408 e. The van der Waals surface area contributed by atoms with Crippen molar-refractivity contribution < 1.29 is 38.4 Å². The number of alkyl carbamates (subject to hydrolysis) is 2. The predicted octanol–water partition coefficient (Wildman–Crippen LogP) is 12.0. The molecular formula is C67H80Cl5N15O11. The molecule has 2 amide bonds. The number of benzene rings is 3. The number of fused-ring (bicyclic) bond motifs is 4. The number of H-pyrrole nitrogens is 1. The number of nitrogens with zero attached hydrogens (tertiary/aromatic N) is 11. The Morgan fingerprint density at radius 2 is 0.990 bits per heavy atom. The number of hydrogen-bond acceptors (Lipinski definition) is 18. The number of aromatic nitrogens is 12. The van der Waals surface area contributed by atoms with Gasteiger partial charge in [-0.3, -0.25) is 28.5 Å². The van der Waals surface area contributed by atoms with Gasteiger partial charge in [0.05, 0.1) is 36.7 Å². The SMILES string of the molecule is CC(C)(C)OC(=O)N[C@H](CCO)c1ccc(Cl)cc1.CC(C)(C)OC(=O)N[C@H](CCn1c(Cl)nn2c(C3CCOCC3)ncc2c1=O)c1ccc(Cl)cc1.O=c1[nH]c(Cl)nn2c(C3CCOCC3)ncc12.O=c1c2cnc(C3CCOCC3)n2nc2n1CC[C@H](c1ccc(Cl)cc1)N2. The highest BCUT2D eigenvalue weighted by Crippen LogP contribution is 2.32. The van der Waals surface area contributed by atoms with Crippen LogP contribution in [0.5, 0.6) is 0 Å². The number of hydrogen-bond donors (Lipinski definition) is 5. The van der Waals surface area contributed by atoms with Crippen molar-refractivity contribution in [3.63, 3.8) is 0 Å². The van der Waals surface area contributed by atoms with Crippen molar-refractivity contribution in [1.82, 2.24) is 68.5 Å². The van der Waals surface area contributed by atoms with E-state index in [4.69, 9.17) is 91.9 Å². The van der Waals surface area contributed by atoms with Crippen molar-refractivity contribution in [3.8, 4) is 0 Å². The van der Waals surface area contributed by atoms with Gasteiger partial charge in [0.25, 0.3) is 16.7 Å². The number of aliphatic hydroxyl groups excluding tert-OH is 1. The first-order chi connectivity index (χ1) is 46.9. The maximum absolute atomic E-state index is 13.3. The van der Waals surface area contributed by atoms with Crippen LogP contribution in [0, 0.1) is 0 Å². The Morgan fingerprint density at radius 1 is 0.571 bits per heavy atom. The molecule has 4 aliphatic heterocycles. The molecule has 10 heterocycles. The number of imidazole rings is 3. The molecule has 0 spiro atoms. The summed E-state index contributed by atoms with van der Waals surface area (Å²) in [5.74, 6) is 3.66. The molecule has 0 bridgehead atoms. The van der Waals surface area contributed by atoms with Crippen molar-refractivity contribution in [2.75, 3.05) is 51.6 Å². The summed E-state index contributed by atoms with van der Waals surface area (Å²) in [6, 6.07) is 21.4. The Kier molecular flexibility index (Phi) is 24.6. The minimum absolute atomic E-state index is 0.0247. The summed E-state index contributed by atoms with van der Waals surface area (Å²) in [6.45, 7) is 15.8. The molecule has 3 fully saturated rings. The molecule has 3 atom stereocenters. The number of rotatable bonds is 13. The van der Waals surface area contributed by atoms with Gasteiger partial charge in [0.1, 0.15) is 28.7 Å². The monoisotopic (exact) mass is 1450 g/mol. The summed E-state index contributed by atoms with van der Waals surface area (Å²) in [5.41, 5.74) is 2.36. The third-order valence-electron chi connectivity index (χ3n) is 16.7. The quantitative estimate of drug-likeness (QED) is 0.0716. The van der Waals surface area contributed by atoms with Crippen LogP contribution in [-0.4, -0.2) is 133 Å². The Hall–Kier alpha value is -7.66. The molecule has 98 heavy (non-hydrogen) atoms. The zero-order valence-electron chi connectivity index (χ0n) is 55.2. The molecular weight excluding hydrogens is 1370 g/mol. The van der Waals surface area contributed by atoms with E-state index in [1.54, 1.807) is 91.8 Å². The maximum atomic E-state index is 13.3. The molecule has 0 saturated carbocycles. The standard InChI is InChI=1S/C24H29Cl2N5O4.C19H20ClN5O2.C14H20ClNO3.C10H11ClN4O2/c1-24(2,3)35-23(33)28-18(15-4-6-17(25)7-5-15)8-11-30-21(32)19-14-27-20(31(19)29-22(30)26)16-9-12-34-13-10-16;20-14-3-1-12(2-4-14)15-5-8-24-18(26)16-11-21-17(13-6-9-27-10-7-13)25(16)23-19(24)22-15;1-14(2,3)19-13(18)16-12(8-9-17)10-4-6-11(15)7-5-10;11-10-13-9(16)7-5-12-8(15(7)14-10)6-1-3-17-4-2-6/h4-7,14,16,18H,8-13H2,1-3H3,(H,28,33);1-4,11,13,15H,5-10H2,(H,22,23);4-7,12,17H,8-9H2,1-3H3,(H,16,18);5-6H,1-4H2,(H,13,14,16)/t18-;15-;12-;/m111./s1. The minimum Gasteiger partial charge on any atom is -0.444 e. The summed E-state index contributed by atoms with van der Waals surface area (Å²) < 4.78 is 34.7. The van der Waals surface area contributed by atoms with E-state index >= 15 is 0 Å². The zero-order valence-corrected chi connectivity index (χ0v) is 59.0. The van der Waals surface area contributed by atoms with Crippen LogP contribution in [-0.2, 0) is 36.8 Å². The number of carbonyl (C=O) groups is 2. The van der Waals surface area contributed by atoms with Gasteiger partial charge in [0.15, 0.2) is 16.6 Å².